The Balaban J connectivity index is 1.06. The molecule has 2 nitrogen and oxygen atoms in total. The van der Waals surface area contributed by atoms with Crippen LogP contribution in [-0.2, 0) is 0 Å². The Kier molecular flexibility index (Phi) is 9.22. The molecule has 10 aromatic carbocycles. The van der Waals surface area contributed by atoms with E-state index in [0.717, 1.165) is 22.7 Å². The summed E-state index contributed by atoms with van der Waals surface area (Å²) >= 11 is 0. The predicted molar refractivity (Wildman–Crippen MR) is 262 cm³/mol. The molecule has 0 radical (unpaired) electrons. The molecule has 0 saturated heterocycles. The smallest absolute Gasteiger partial charge is 0.179 e. The van der Waals surface area contributed by atoms with Gasteiger partial charge < -0.3 is 9.47 Å². The Labute approximate surface area is 357 Å². The molecule has 1 heterocycles. The van der Waals surface area contributed by atoms with E-state index < -0.39 is 8.07 Å². The summed E-state index contributed by atoms with van der Waals surface area (Å²) in [6.45, 7) is 0. The number of hydrogen-bond donors (Lipinski definition) is 0. The molecule has 11 aromatic rings. The minimum Gasteiger partial charge on any atom is -0.310 e. The van der Waals surface area contributed by atoms with Gasteiger partial charge in [0.05, 0.1) is 11.0 Å². The largest absolute Gasteiger partial charge is 0.310 e. The number of nitrogens with zero attached hydrogens (tertiary/aromatic N) is 2. The van der Waals surface area contributed by atoms with Crippen LogP contribution in [0.3, 0.4) is 0 Å². The number of para-hydroxylation sites is 2. The van der Waals surface area contributed by atoms with Gasteiger partial charge in [0.15, 0.2) is 8.07 Å². The molecule has 0 atom stereocenters. The number of hydrogen-bond acceptors (Lipinski definition) is 1. The maximum absolute atomic E-state index is 2.68. The SMILES string of the molecule is c1ccc(-n2c3ccccc3c3c(-c4ccc(N(c5ccc([Si](c6ccccc6)(c6ccccc6)c6ccccc6)cc5)c5ccc6ccccc6c5)cc4)cccc32)cc1. The van der Waals surface area contributed by atoms with Crippen LogP contribution in [0.1, 0.15) is 0 Å². The van der Waals surface area contributed by atoms with Crippen molar-refractivity contribution >= 4 is 78.5 Å². The van der Waals surface area contributed by atoms with Crippen molar-refractivity contribution in [3.8, 4) is 16.8 Å². The highest BCUT2D eigenvalue weighted by Crippen LogP contribution is 2.41. The first-order valence-electron chi connectivity index (χ1n) is 21.0. The average Bonchev–Trinajstić information content (AvgIpc) is 3.69. The normalized spacial score (nSPS) is 11.6. The van der Waals surface area contributed by atoms with E-state index in [2.05, 4.69) is 264 Å². The number of rotatable bonds is 9. The van der Waals surface area contributed by atoms with Crippen LogP contribution in [0, 0.1) is 0 Å². The molecule has 288 valence electrons. The van der Waals surface area contributed by atoms with E-state index in [9.17, 15) is 0 Å². The number of anilines is 3. The quantitative estimate of drug-likeness (QED) is 0.104. The van der Waals surface area contributed by atoms with Crippen molar-refractivity contribution in [2.75, 3.05) is 4.90 Å². The molecule has 0 spiro atoms. The molecule has 0 aliphatic heterocycles. The van der Waals surface area contributed by atoms with Crippen LogP contribution in [0.25, 0.3) is 49.4 Å². The van der Waals surface area contributed by atoms with Crippen molar-refractivity contribution in [2.24, 2.45) is 0 Å². The molecule has 0 bridgehead atoms. The summed E-state index contributed by atoms with van der Waals surface area (Å²) in [5.41, 5.74) is 9.30. The monoisotopic (exact) mass is 794 g/mol. The second-order valence-electron chi connectivity index (χ2n) is 15.7. The molecule has 0 unspecified atom stereocenters. The van der Waals surface area contributed by atoms with E-state index >= 15 is 0 Å². The van der Waals surface area contributed by atoms with Crippen LogP contribution in [-0.4, -0.2) is 12.6 Å². The van der Waals surface area contributed by atoms with Gasteiger partial charge in [0.1, 0.15) is 0 Å². The first kappa shape index (κ1) is 36.4. The lowest BCUT2D eigenvalue weighted by molar-refractivity contribution is 1.18. The van der Waals surface area contributed by atoms with E-state index in [1.165, 1.54) is 64.5 Å². The lowest BCUT2D eigenvalue weighted by Gasteiger charge is -2.35. The highest BCUT2D eigenvalue weighted by Gasteiger charge is 2.41. The number of fused-ring (bicyclic) bond motifs is 4. The zero-order valence-electron chi connectivity index (χ0n) is 33.6. The Bertz CT molecular complexity index is 3170. The minimum absolute atomic E-state index is 1.10. The molecule has 0 saturated carbocycles. The Morgan fingerprint density at radius 2 is 0.803 bits per heavy atom. The van der Waals surface area contributed by atoms with E-state index in [-0.39, 0.29) is 0 Å². The van der Waals surface area contributed by atoms with Crippen LogP contribution >= 0.6 is 0 Å². The van der Waals surface area contributed by atoms with Crippen molar-refractivity contribution in [1.82, 2.24) is 4.57 Å². The first-order valence-corrected chi connectivity index (χ1v) is 23.0. The van der Waals surface area contributed by atoms with Crippen molar-refractivity contribution in [3.05, 3.63) is 255 Å². The van der Waals surface area contributed by atoms with Crippen molar-refractivity contribution < 1.29 is 0 Å². The van der Waals surface area contributed by atoms with Crippen LogP contribution in [0.15, 0.2) is 255 Å². The second-order valence-corrected chi connectivity index (χ2v) is 19.5. The first-order chi connectivity index (χ1) is 30.3. The lowest BCUT2D eigenvalue weighted by atomic mass is 9.99. The van der Waals surface area contributed by atoms with Gasteiger partial charge >= 0.3 is 0 Å². The summed E-state index contributed by atoms with van der Waals surface area (Å²) in [4.78, 5) is 2.40. The third kappa shape index (κ3) is 6.26. The molecule has 11 rings (SSSR count). The van der Waals surface area contributed by atoms with Gasteiger partial charge in [0, 0.05) is 33.5 Å². The molecule has 0 aliphatic rings. The number of aromatic nitrogens is 1. The molecular weight excluding hydrogens is 753 g/mol. The second kappa shape index (κ2) is 15.5. The van der Waals surface area contributed by atoms with Crippen molar-refractivity contribution in [3.63, 3.8) is 0 Å². The fourth-order valence-corrected chi connectivity index (χ4v) is 14.3. The summed E-state index contributed by atoms with van der Waals surface area (Å²) < 4.78 is 2.39. The Hall–Kier alpha value is -7.72. The summed E-state index contributed by atoms with van der Waals surface area (Å²) in [6.07, 6.45) is 0. The highest BCUT2D eigenvalue weighted by atomic mass is 28.3. The molecule has 61 heavy (non-hydrogen) atoms. The maximum atomic E-state index is 2.40. The fourth-order valence-electron chi connectivity index (χ4n) is 9.59. The van der Waals surface area contributed by atoms with Crippen molar-refractivity contribution in [1.29, 1.82) is 0 Å². The van der Waals surface area contributed by atoms with Gasteiger partial charge in [0.2, 0.25) is 0 Å². The predicted octanol–water partition coefficient (Wildman–Crippen LogP) is 12.5. The zero-order valence-corrected chi connectivity index (χ0v) is 34.6. The zero-order chi connectivity index (χ0) is 40.6. The molecule has 0 fully saturated rings. The third-order valence-corrected chi connectivity index (χ3v) is 17.1. The summed E-state index contributed by atoms with van der Waals surface area (Å²) in [6, 6.07) is 93.6. The summed E-state index contributed by atoms with van der Waals surface area (Å²) in [7, 11) is -2.68. The Morgan fingerprint density at radius 1 is 0.328 bits per heavy atom. The van der Waals surface area contributed by atoms with Gasteiger partial charge in [-0.1, -0.05) is 194 Å². The Morgan fingerprint density at radius 3 is 1.43 bits per heavy atom. The molecule has 0 N–H and O–H groups in total. The van der Waals surface area contributed by atoms with Gasteiger partial charge in [-0.3, -0.25) is 0 Å². The summed E-state index contributed by atoms with van der Waals surface area (Å²) in [5.74, 6) is 0. The van der Waals surface area contributed by atoms with Gasteiger partial charge in [-0.15, -0.1) is 0 Å². The van der Waals surface area contributed by atoms with Gasteiger partial charge in [-0.05, 0) is 103 Å². The van der Waals surface area contributed by atoms with E-state index in [1.54, 1.807) is 0 Å². The highest BCUT2D eigenvalue weighted by molar-refractivity contribution is 7.19. The molecule has 0 amide bonds. The van der Waals surface area contributed by atoms with Crippen molar-refractivity contribution in [2.45, 2.75) is 0 Å². The standard InChI is InChI=1S/C58H42N2Si/c1-5-20-46(21-6-1)60-56-30-16-15-28-55(56)58-54(29-17-31-57(58)60)44-33-35-47(36-34-44)59(49-37-32-43-18-13-14-19-45(43)42-49)48-38-40-53(41-39-48)61(50-22-7-2-8-23-50,51-24-9-3-10-25-51)52-26-11-4-12-27-52/h1-42H. The fraction of sp³-hybridized carbons (Fsp3) is 0. The lowest BCUT2D eigenvalue weighted by Crippen LogP contribution is -2.74. The summed E-state index contributed by atoms with van der Waals surface area (Å²) in [5, 5.41) is 10.4. The van der Waals surface area contributed by atoms with E-state index in [1.807, 2.05) is 0 Å². The average molecular weight is 795 g/mol. The van der Waals surface area contributed by atoms with Gasteiger partial charge in [-0.25, -0.2) is 0 Å². The van der Waals surface area contributed by atoms with Crippen LogP contribution in [0.4, 0.5) is 17.1 Å². The van der Waals surface area contributed by atoms with E-state index in [0.29, 0.717) is 0 Å². The molecular formula is C58H42N2Si. The van der Waals surface area contributed by atoms with Crippen LogP contribution in [0.5, 0.6) is 0 Å². The molecule has 3 heteroatoms. The number of benzene rings is 10. The van der Waals surface area contributed by atoms with Gasteiger partial charge in [0.25, 0.3) is 0 Å². The topological polar surface area (TPSA) is 8.17 Å². The minimum atomic E-state index is -2.68. The third-order valence-electron chi connectivity index (χ3n) is 12.3. The van der Waals surface area contributed by atoms with E-state index in [4.69, 9.17) is 0 Å². The molecule has 1 aromatic heterocycles. The van der Waals surface area contributed by atoms with Gasteiger partial charge in [-0.2, -0.15) is 0 Å². The molecule has 0 aliphatic carbocycles. The maximum Gasteiger partial charge on any atom is 0.179 e. The van der Waals surface area contributed by atoms with Crippen LogP contribution in [0.2, 0.25) is 0 Å². The van der Waals surface area contributed by atoms with Crippen LogP contribution < -0.4 is 25.6 Å².